The lowest BCUT2D eigenvalue weighted by atomic mass is 10.1. The molecule has 0 aliphatic carbocycles. The summed E-state index contributed by atoms with van der Waals surface area (Å²) in [6.45, 7) is 10.5. The van der Waals surface area contributed by atoms with Crippen molar-refractivity contribution in [3.05, 3.63) is 35.9 Å². The SMILES string of the molecule is CC(C)CCN1CC(c2ccccc2)NCCC1C. The first kappa shape index (κ1) is 14.5. The van der Waals surface area contributed by atoms with Crippen molar-refractivity contribution < 1.29 is 0 Å². The van der Waals surface area contributed by atoms with Crippen LogP contribution in [-0.2, 0) is 0 Å². The third-order valence-electron chi connectivity index (χ3n) is 4.19. The Labute approximate surface area is 118 Å². The standard InChI is InChI=1S/C17H28N2/c1-14(2)10-12-19-13-17(18-11-9-15(19)3)16-7-5-4-6-8-16/h4-8,14-15,17-18H,9-13H2,1-3H3. The second-order valence-electron chi connectivity index (χ2n) is 6.23. The molecule has 0 bridgehead atoms. The van der Waals surface area contributed by atoms with Gasteiger partial charge in [0.05, 0.1) is 0 Å². The molecular formula is C17H28N2. The predicted molar refractivity (Wildman–Crippen MR) is 82.3 cm³/mol. The van der Waals surface area contributed by atoms with Crippen molar-refractivity contribution in [2.45, 2.75) is 45.7 Å². The van der Waals surface area contributed by atoms with Crippen molar-refractivity contribution in [3.8, 4) is 0 Å². The van der Waals surface area contributed by atoms with Gasteiger partial charge >= 0.3 is 0 Å². The van der Waals surface area contributed by atoms with E-state index in [0.717, 1.165) is 19.0 Å². The molecule has 1 aliphatic rings. The fourth-order valence-corrected chi connectivity index (χ4v) is 2.77. The van der Waals surface area contributed by atoms with Crippen molar-refractivity contribution in [2.75, 3.05) is 19.6 Å². The van der Waals surface area contributed by atoms with Crippen LogP contribution in [0.1, 0.15) is 45.2 Å². The van der Waals surface area contributed by atoms with Gasteiger partial charge < -0.3 is 5.32 Å². The molecule has 1 saturated heterocycles. The van der Waals surface area contributed by atoms with Crippen LogP contribution in [-0.4, -0.2) is 30.6 Å². The van der Waals surface area contributed by atoms with E-state index in [1.54, 1.807) is 0 Å². The minimum atomic E-state index is 0.485. The van der Waals surface area contributed by atoms with Crippen LogP contribution in [0.5, 0.6) is 0 Å². The zero-order chi connectivity index (χ0) is 13.7. The number of hydrogen-bond acceptors (Lipinski definition) is 2. The van der Waals surface area contributed by atoms with Crippen LogP contribution >= 0.6 is 0 Å². The summed E-state index contributed by atoms with van der Waals surface area (Å²) in [4.78, 5) is 2.66. The van der Waals surface area contributed by atoms with E-state index in [1.165, 1.54) is 24.9 Å². The first-order valence-electron chi connectivity index (χ1n) is 7.69. The summed E-state index contributed by atoms with van der Waals surface area (Å²) < 4.78 is 0. The highest BCUT2D eigenvalue weighted by Gasteiger charge is 2.23. The summed E-state index contributed by atoms with van der Waals surface area (Å²) in [5.74, 6) is 0.790. The molecule has 1 aromatic rings. The molecule has 0 saturated carbocycles. The molecule has 106 valence electrons. The van der Waals surface area contributed by atoms with Gasteiger partial charge in [-0.2, -0.15) is 0 Å². The molecule has 1 N–H and O–H groups in total. The third kappa shape index (κ3) is 4.32. The highest BCUT2D eigenvalue weighted by molar-refractivity contribution is 5.19. The number of benzene rings is 1. The Balaban J connectivity index is 2.02. The van der Waals surface area contributed by atoms with E-state index in [4.69, 9.17) is 0 Å². The smallest absolute Gasteiger partial charge is 0.0449 e. The second kappa shape index (κ2) is 7.06. The fourth-order valence-electron chi connectivity index (χ4n) is 2.77. The van der Waals surface area contributed by atoms with Crippen LogP contribution in [0.3, 0.4) is 0 Å². The zero-order valence-corrected chi connectivity index (χ0v) is 12.6. The topological polar surface area (TPSA) is 15.3 Å². The summed E-state index contributed by atoms with van der Waals surface area (Å²) in [6, 6.07) is 12.0. The van der Waals surface area contributed by atoms with Crippen LogP contribution in [0.25, 0.3) is 0 Å². The molecule has 1 fully saturated rings. The van der Waals surface area contributed by atoms with Gasteiger partial charge in [-0.3, -0.25) is 4.90 Å². The maximum atomic E-state index is 3.70. The van der Waals surface area contributed by atoms with Crippen molar-refractivity contribution >= 4 is 0 Å². The molecule has 2 unspecified atom stereocenters. The molecule has 1 heterocycles. The van der Waals surface area contributed by atoms with Crippen LogP contribution in [0.2, 0.25) is 0 Å². The van der Waals surface area contributed by atoms with E-state index in [2.05, 4.69) is 61.3 Å². The van der Waals surface area contributed by atoms with Crippen LogP contribution in [0, 0.1) is 5.92 Å². The molecule has 0 radical (unpaired) electrons. The molecule has 2 heteroatoms. The van der Waals surface area contributed by atoms with E-state index < -0.39 is 0 Å². The maximum absolute atomic E-state index is 3.70. The van der Waals surface area contributed by atoms with Gasteiger partial charge in [0, 0.05) is 18.6 Å². The van der Waals surface area contributed by atoms with Crippen molar-refractivity contribution in [1.82, 2.24) is 10.2 Å². The average molecular weight is 260 g/mol. The lowest BCUT2D eigenvalue weighted by molar-refractivity contribution is 0.194. The van der Waals surface area contributed by atoms with Crippen molar-refractivity contribution in [1.29, 1.82) is 0 Å². The average Bonchev–Trinajstić information content (AvgIpc) is 2.59. The molecule has 0 spiro atoms. The lowest BCUT2D eigenvalue weighted by Gasteiger charge is -2.29. The molecular weight excluding hydrogens is 232 g/mol. The van der Waals surface area contributed by atoms with Gasteiger partial charge in [0.1, 0.15) is 0 Å². The second-order valence-corrected chi connectivity index (χ2v) is 6.23. The summed E-state index contributed by atoms with van der Waals surface area (Å²) in [5, 5.41) is 3.70. The summed E-state index contributed by atoms with van der Waals surface area (Å²) in [5.41, 5.74) is 1.42. The van der Waals surface area contributed by atoms with E-state index in [0.29, 0.717) is 12.1 Å². The number of nitrogens with one attached hydrogen (secondary N) is 1. The minimum absolute atomic E-state index is 0.485. The largest absolute Gasteiger partial charge is 0.309 e. The first-order chi connectivity index (χ1) is 9.16. The maximum Gasteiger partial charge on any atom is 0.0449 e. The lowest BCUT2D eigenvalue weighted by Crippen LogP contribution is -2.37. The van der Waals surface area contributed by atoms with E-state index >= 15 is 0 Å². The monoisotopic (exact) mass is 260 g/mol. The predicted octanol–water partition coefficient (Wildman–Crippen LogP) is 3.46. The molecule has 19 heavy (non-hydrogen) atoms. The highest BCUT2D eigenvalue weighted by Crippen LogP contribution is 2.20. The fraction of sp³-hybridized carbons (Fsp3) is 0.647. The Morgan fingerprint density at radius 1 is 1.26 bits per heavy atom. The van der Waals surface area contributed by atoms with Gasteiger partial charge in [-0.1, -0.05) is 44.2 Å². The third-order valence-corrected chi connectivity index (χ3v) is 4.19. The van der Waals surface area contributed by atoms with Gasteiger partial charge in [0.25, 0.3) is 0 Å². The Morgan fingerprint density at radius 3 is 2.68 bits per heavy atom. The summed E-state index contributed by atoms with van der Waals surface area (Å²) >= 11 is 0. The first-order valence-corrected chi connectivity index (χ1v) is 7.69. The molecule has 0 aromatic heterocycles. The Morgan fingerprint density at radius 2 is 2.00 bits per heavy atom. The molecule has 1 aromatic carbocycles. The Hall–Kier alpha value is -0.860. The number of nitrogens with zero attached hydrogens (tertiary/aromatic N) is 1. The number of hydrogen-bond donors (Lipinski definition) is 1. The summed E-state index contributed by atoms with van der Waals surface area (Å²) in [7, 11) is 0. The number of rotatable bonds is 4. The summed E-state index contributed by atoms with van der Waals surface area (Å²) in [6.07, 6.45) is 2.55. The van der Waals surface area contributed by atoms with Gasteiger partial charge in [-0.15, -0.1) is 0 Å². The van der Waals surface area contributed by atoms with Crippen LogP contribution < -0.4 is 5.32 Å². The van der Waals surface area contributed by atoms with Gasteiger partial charge in [-0.25, -0.2) is 0 Å². The highest BCUT2D eigenvalue weighted by atomic mass is 15.2. The Kier molecular flexibility index (Phi) is 5.41. The van der Waals surface area contributed by atoms with E-state index in [1.807, 2.05) is 0 Å². The van der Waals surface area contributed by atoms with Crippen molar-refractivity contribution in [2.24, 2.45) is 5.92 Å². The van der Waals surface area contributed by atoms with Crippen molar-refractivity contribution in [3.63, 3.8) is 0 Å². The molecule has 1 aliphatic heterocycles. The Bertz CT molecular complexity index is 361. The van der Waals surface area contributed by atoms with Gasteiger partial charge in [0.15, 0.2) is 0 Å². The molecule has 2 rings (SSSR count). The van der Waals surface area contributed by atoms with E-state index in [9.17, 15) is 0 Å². The quantitative estimate of drug-likeness (QED) is 0.892. The molecule has 0 amide bonds. The van der Waals surface area contributed by atoms with E-state index in [-0.39, 0.29) is 0 Å². The molecule has 2 nitrogen and oxygen atoms in total. The molecule has 2 atom stereocenters. The van der Waals surface area contributed by atoms with Crippen LogP contribution in [0.15, 0.2) is 30.3 Å². The minimum Gasteiger partial charge on any atom is -0.309 e. The van der Waals surface area contributed by atoms with Crippen LogP contribution in [0.4, 0.5) is 0 Å². The van der Waals surface area contributed by atoms with Gasteiger partial charge in [0.2, 0.25) is 0 Å². The van der Waals surface area contributed by atoms with Gasteiger partial charge in [-0.05, 0) is 44.3 Å². The zero-order valence-electron chi connectivity index (χ0n) is 12.6. The normalized spacial score (nSPS) is 25.5.